The molecule has 8 nitrogen and oxygen atoms in total. The van der Waals surface area contributed by atoms with Crippen LogP contribution in [0.1, 0.15) is 25.3 Å². The van der Waals surface area contributed by atoms with E-state index in [2.05, 4.69) is 27.1 Å². The minimum atomic E-state index is -0.518. The van der Waals surface area contributed by atoms with Crippen molar-refractivity contribution in [1.82, 2.24) is 15.3 Å². The smallest absolute Gasteiger partial charge is 0.225 e. The van der Waals surface area contributed by atoms with Crippen LogP contribution in [0.15, 0.2) is 48.5 Å². The molecule has 2 heterocycles. The number of amides is 1. The highest BCUT2D eigenvalue weighted by Crippen LogP contribution is 2.30. The number of nitrogens with zero attached hydrogens (tertiary/aromatic N) is 3. The van der Waals surface area contributed by atoms with Gasteiger partial charge in [0.25, 0.3) is 0 Å². The van der Waals surface area contributed by atoms with Gasteiger partial charge in [-0.25, -0.2) is 9.37 Å². The highest BCUT2D eigenvalue weighted by Gasteiger charge is 2.31. The van der Waals surface area contributed by atoms with Gasteiger partial charge in [-0.2, -0.15) is 4.98 Å². The summed E-state index contributed by atoms with van der Waals surface area (Å²) in [5.74, 6) is 0.718. The summed E-state index contributed by atoms with van der Waals surface area (Å²) in [5, 5.41) is 3.03. The van der Waals surface area contributed by atoms with E-state index in [9.17, 15) is 9.18 Å². The highest BCUT2D eigenvalue weighted by molar-refractivity contribution is 5.79. The Kier molecular flexibility index (Phi) is 6.81. The number of aromatic nitrogens is 2. The minimum Gasteiger partial charge on any atom is -0.497 e. The van der Waals surface area contributed by atoms with E-state index in [1.54, 1.807) is 19.2 Å². The Hall–Kier alpha value is -3.88. The lowest BCUT2D eigenvalue weighted by molar-refractivity contribution is -0.125. The van der Waals surface area contributed by atoms with Gasteiger partial charge >= 0.3 is 0 Å². The van der Waals surface area contributed by atoms with E-state index in [1.165, 1.54) is 12.1 Å². The molecule has 9 heteroatoms. The molecule has 4 rings (SSSR count). The summed E-state index contributed by atoms with van der Waals surface area (Å²) < 4.78 is 19.2. The SMILES string of the molecule is COc1cccc(CNC(=O)[C@H]2CC[C@@H](C)N(c3cc(-c4ccc(N)c(F)c4)nc(N)n3)C2)c1. The molecule has 0 saturated carbocycles. The van der Waals surface area contributed by atoms with Crippen LogP contribution < -0.4 is 26.4 Å². The van der Waals surface area contributed by atoms with Gasteiger partial charge in [0.2, 0.25) is 11.9 Å². The topological polar surface area (TPSA) is 119 Å². The van der Waals surface area contributed by atoms with E-state index < -0.39 is 5.82 Å². The molecule has 3 aromatic rings. The predicted octanol–water partition coefficient (Wildman–Crippen LogP) is 3.38. The lowest BCUT2D eigenvalue weighted by atomic mass is 9.92. The molecule has 1 aromatic heterocycles. The summed E-state index contributed by atoms with van der Waals surface area (Å²) in [4.78, 5) is 23.7. The van der Waals surface area contributed by atoms with Crippen LogP contribution in [-0.4, -0.2) is 35.6 Å². The number of hydrogen-bond donors (Lipinski definition) is 3. The molecule has 1 aliphatic rings. The first-order valence-corrected chi connectivity index (χ1v) is 11.2. The van der Waals surface area contributed by atoms with Gasteiger partial charge < -0.3 is 26.4 Å². The molecule has 34 heavy (non-hydrogen) atoms. The number of halogens is 1. The fourth-order valence-corrected chi connectivity index (χ4v) is 4.19. The van der Waals surface area contributed by atoms with Crippen molar-refractivity contribution in [2.24, 2.45) is 5.92 Å². The van der Waals surface area contributed by atoms with Crippen molar-refractivity contribution in [3.05, 3.63) is 59.9 Å². The van der Waals surface area contributed by atoms with Gasteiger partial charge in [0.05, 0.1) is 24.4 Å². The molecule has 2 aromatic carbocycles. The van der Waals surface area contributed by atoms with Crippen LogP contribution >= 0.6 is 0 Å². The number of carbonyl (C=O) groups is 1. The van der Waals surface area contributed by atoms with Crippen LogP contribution in [0.25, 0.3) is 11.3 Å². The second kappa shape index (κ2) is 9.94. The van der Waals surface area contributed by atoms with Crippen molar-refractivity contribution in [1.29, 1.82) is 0 Å². The maximum atomic E-state index is 14.0. The van der Waals surface area contributed by atoms with Crippen molar-refractivity contribution in [3.63, 3.8) is 0 Å². The number of ether oxygens (including phenoxy) is 1. The van der Waals surface area contributed by atoms with Gasteiger partial charge in [-0.05, 0) is 49.6 Å². The number of rotatable bonds is 6. The number of anilines is 3. The summed E-state index contributed by atoms with van der Waals surface area (Å²) in [6.45, 7) is 3.01. The monoisotopic (exact) mass is 464 g/mol. The molecule has 0 unspecified atom stereocenters. The normalized spacial score (nSPS) is 17.9. The number of nitrogens with one attached hydrogen (secondary N) is 1. The van der Waals surface area contributed by atoms with Gasteiger partial charge in [0.1, 0.15) is 17.4 Å². The number of nitrogen functional groups attached to an aromatic ring is 2. The van der Waals surface area contributed by atoms with E-state index in [4.69, 9.17) is 16.2 Å². The van der Waals surface area contributed by atoms with Crippen LogP contribution in [-0.2, 0) is 11.3 Å². The van der Waals surface area contributed by atoms with Crippen molar-refractivity contribution in [2.45, 2.75) is 32.4 Å². The van der Waals surface area contributed by atoms with Crippen molar-refractivity contribution in [3.8, 4) is 17.0 Å². The first-order valence-electron chi connectivity index (χ1n) is 11.2. The standard InChI is InChI=1S/C25H29FN6O2/c1-15-6-7-18(24(33)29-13-16-4-3-5-19(10-16)34-2)14-32(15)23-12-22(30-25(28)31-23)17-8-9-21(27)20(26)11-17/h3-5,8-12,15,18H,6-7,13-14,27H2,1-2H3,(H,29,33)(H2,28,30,31)/t15-,18+/m1/s1. The predicted molar refractivity (Wildman–Crippen MR) is 131 cm³/mol. The maximum absolute atomic E-state index is 14.0. The number of hydrogen-bond acceptors (Lipinski definition) is 7. The summed E-state index contributed by atoms with van der Waals surface area (Å²) in [6.07, 6.45) is 1.60. The minimum absolute atomic E-state index is 0.0115. The zero-order chi connectivity index (χ0) is 24.2. The van der Waals surface area contributed by atoms with Crippen LogP contribution in [0.5, 0.6) is 5.75 Å². The average molecular weight is 465 g/mol. The molecule has 2 atom stereocenters. The van der Waals surface area contributed by atoms with Crippen molar-refractivity contribution >= 4 is 23.4 Å². The van der Waals surface area contributed by atoms with Crippen LogP contribution in [0, 0.1) is 11.7 Å². The van der Waals surface area contributed by atoms with Gasteiger partial charge in [0.15, 0.2) is 0 Å². The molecule has 1 saturated heterocycles. The van der Waals surface area contributed by atoms with Gasteiger partial charge in [0, 0.05) is 30.8 Å². The van der Waals surface area contributed by atoms with Crippen LogP contribution in [0.4, 0.5) is 21.8 Å². The molecule has 0 spiro atoms. The fraction of sp³-hybridized carbons (Fsp3) is 0.320. The fourth-order valence-electron chi connectivity index (χ4n) is 4.19. The molecule has 1 fully saturated rings. The zero-order valence-electron chi connectivity index (χ0n) is 19.3. The summed E-state index contributed by atoms with van der Waals surface area (Å²) in [7, 11) is 1.62. The lowest BCUT2D eigenvalue weighted by Crippen LogP contribution is -2.47. The Bertz CT molecular complexity index is 1190. The zero-order valence-corrected chi connectivity index (χ0v) is 19.3. The average Bonchev–Trinajstić information content (AvgIpc) is 2.84. The third kappa shape index (κ3) is 5.19. The molecule has 178 valence electrons. The van der Waals surface area contributed by atoms with Gasteiger partial charge in [-0.15, -0.1) is 0 Å². The second-order valence-electron chi connectivity index (χ2n) is 8.55. The molecule has 5 N–H and O–H groups in total. The quantitative estimate of drug-likeness (QED) is 0.479. The summed E-state index contributed by atoms with van der Waals surface area (Å²) >= 11 is 0. The van der Waals surface area contributed by atoms with E-state index in [-0.39, 0.29) is 29.5 Å². The molecule has 0 aliphatic carbocycles. The number of benzene rings is 2. The third-order valence-electron chi connectivity index (χ3n) is 6.17. The lowest BCUT2D eigenvalue weighted by Gasteiger charge is -2.38. The molecule has 0 radical (unpaired) electrons. The Labute approximate surface area is 198 Å². The second-order valence-corrected chi connectivity index (χ2v) is 8.55. The Morgan fingerprint density at radius 3 is 2.76 bits per heavy atom. The van der Waals surface area contributed by atoms with Crippen molar-refractivity contribution in [2.75, 3.05) is 30.0 Å². The summed E-state index contributed by atoms with van der Waals surface area (Å²) in [6, 6.07) is 14.1. The first-order chi connectivity index (χ1) is 16.3. The Morgan fingerprint density at radius 2 is 2.00 bits per heavy atom. The molecule has 0 bridgehead atoms. The van der Waals surface area contributed by atoms with Gasteiger partial charge in [-0.1, -0.05) is 18.2 Å². The van der Waals surface area contributed by atoms with E-state index >= 15 is 0 Å². The number of carbonyl (C=O) groups excluding carboxylic acids is 1. The first kappa shape index (κ1) is 23.3. The molecule has 1 aliphatic heterocycles. The maximum Gasteiger partial charge on any atom is 0.225 e. The Balaban J connectivity index is 1.49. The van der Waals surface area contributed by atoms with Gasteiger partial charge in [-0.3, -0.25) is 4.79 Å². The molecular formula is C25H29FN6O2. The third-order valence-corrected chi connectivity index (χ3v) is 6.17. The van der Waals surface area contributed by atoms with Crippen molar-refractivity contribution < 1.29 is 13.9 Å². The number of methoxy groups -OCH3 is 1. The molecule has 1 amide bonds. The highest BCUT2D eigenvalue weighted by atomic mass is 19.1. The van der Waals surface area contributed by atoms with E-state index in [0.29, 0.717) is 30.2 Å². The van der Waals surface area contributed by atoms with Crippen LogP contribution in [0.2, 0.25) is 0 Å². The van der Waals surface area contributed by atoms with E-state index in [0.717, 1.165) is 24.2 Å². The van der Waals surface area contributed by atoms with E-state index in [1.807, 2.05) is 24.3 Å². The van der Waals surface area contributed by atoms with Crippen LogP contribution in [0.3, 0.4) is 0 Å². The Morgan fingerprint density at radius 1 is 1.18 bits per heavy atom. The number of piperidine rings is 1. The largest absolute Gasteiger partial charge is 0.497 e. The number of nitrogens with two attached hydrogens (primary N) is 2. The summed E-state index contributed by atoms with van der Waals surface area (Å²) in [5.41, 5.74) is 13.7. The molecular weight excluding hydrogens is 435 g/mol.